The van der Waals surface area contributed by atoms with Crippen LogP contribution in [0.3, 0.4) is 0 Å². The summed E-state index contributed by atoms with van der Waals surface area (Å²) in [5.41, 5.74) is 1.94. The van der Waals surface area contributed by atoms with Crippen molar-refractivity contribution in [3.05, 3.63) is 23.3 Å². The van der Waals surface area contributed by atoms with E-state index in [1.165, 1.54) is 5.57 Å². The van der Waals surface area contributed by atoms with Crippen LogP contribution in [0.25, 0.3) is 0 Å². The molecule has 0 aromatic rings. The minimum atomic E-state index is -0.803. The maximum Gasteiger partial charge on any atom is 0.331 e. The second-order valence-corrected chi connectivity index (χ2v) is 6.12. The summed E-state index contributed by atoms with van der Waals surface area (Å²) in [7, 11) is 0. The first-order valence-electron chi connectivity index (χ1n) is 6.63. The Morgan fingerprint density at radius 3 is 2.83 bits per heavy atom. The molecule has 3 heteroatoms. The number of carboxylic acid groups (broad SMARTS) is 1. The number of carboxylic acids is 1. The number of rotatable bonds is 1. The molecule has 1 aliphatic carbocycles. The van der Waals surface area contributed by atoms with Crippen LogP contribution < -0.4 is 0 Å². The molecule has 2 unspecified atom stereocenters. The summed E-state index contributed by atoms with van der Waals surface area (Å²) in [6, 6.07) is 0. The molecule has 1 aliphatic heterocycles. The zero-order valence-electron chi connectivity index (χ0n) is 11.4. The van der Waals surface area contributed by atoms with Gasteiger partial charge in [-0.05, 0) is 31.6 Å². The fourth-order valence-electron chi connectivity index (χ4n) is 2.59. The van der Waals surface area contributed by atoms with Crippen molar-refractivity contribution in [2.24, 2.45) is 5.41 Å². The lowest BCUT2D eigenvalue weighted by Gasteiger charge is -2.20. The van der Waals surface area contributed by atoms with Crippen LogP contribution in [0.1, 0.15) is 46.5 Å². The highest BCUT2D eigenvalue weighted by Crippen LogP contribution is 2.44. The molecule has 100 valence electrons. The second-order valence-electron chi connectivity index (χ2n) is 6.12. The SMILES string of the molecule is CC1=CCC(C)(C)C2OC2CC(C(=O)O)=CCC1. The van der Waals surface area contributed by atoms with E-state index in [-0.39, 0.29) is 17.6 Å². The van der Waals surface area contributed by atoms with Crippen LogP contribution in [0.2, 0.25) is 0 Å². The predicted octanol–water partition coefficient (Wildman–Crippen LogP) is 3.31. The Labute approximate surface area is 109 Å². The van der Waals surface area contributed by atoms with Crippen molar-refractivity contribution in [2.75, 3.05) is 0 Å². The molecule has 2 rings (SSSR count). The lowest BCUT2D eigenvalue weighted by molar-refractivity contribution is -0.132. The van der Waals surface area contributed by atoms with Crippen LogP contribution in [-0.2, 0) is 9.53 Å². The lowest BCUT2D eigenvalue weighted by Crippen LogP contribution is -2.21. The van der Waals surface area contributed by atoms with E-state index in [9.17, 15) is 9.90 Å². The molecule has 1 saturated heterocycles. The average molecular weight is 250 g/mol. The number of ether oxygens (including phenoxy) is 1. The van der Waals surface area contributed by atoms with Gasteiger partial charge in [-0.2, -0.15) is 0 Å². The molecule has 1 heterocycles. The van der Waals surface area contributed by atoms with Gasteiger partial charge in [0.1, 0.15) is 0 Å². The van der Waals surface area contributed by atoms with E-state index in [2.05, 4.69) is 26.8 Å². The smallest absolute Gasteiger partial charge is 0.331 e. The van der Waals surface area contributed by atoms with Gasteiger partial charge in [0.05, 0.1) is 12.2 Å². The topological polar surface area (TPSA) is 49.8 Å². The van der Waals surface area contributed by atoms with Gasteiger partial charge in [0.2, 0.25) is 0 Å². The summed E-state index contributed by atoms with van der Waals surface area (Å²) in [6.07, 6.45) is 7.72. The van der Waals surface area contributed by atoms with E-state index in [0.29, 0.717) is 12.0 Å². The van der Waals surface area contributed by atoms with Gasteiger partial charge in [-0.1, -0.05) is 31.6 Å². The third-order valence-electron chi connectivity index (χ3n) is 3.95. The molecule has 0 aromatic heterocycles. The number of hydrogen-bond donors (Lipinski definition) is 1. The first-order valence-corrected chi connectivity index (χ1v) is 6.63. The van der Waals surface area contributed by atoms with Gasteiger partial charge in [-0.25, -0.2) is 4.79 Å². The molecule has 0 bridgehead atoms. The van der Waals surface area contributed by atoms with Crippen molar-refractivity contribution in [1.29, 1.82) is 0 Å². The molecule has 0 aromatic carbocycles. The number of allylic oxidation sites excluding steroid dienone is 3. The van der Waals surface area contributed by atoms with Crippen LogP contribution in [0, 0.1) is 5.41 Å². The Morgan fingerprint density at radius 1 is 1.44 bits per heavy atom. The van der Waals surface area contributed by atoms with Crippen LogP contribution in [0.5, 0.6) is 0 Å². The number of epoxide rings is 1. The molecule has 0 radical (unpaired) electrons. The minimum absolute atomic E-state index is 0.0918. The molecule has 1 fully saturated rings. The first-order chi connectivity index (χ1) is 8.40. The average Bonchev–Trinajstić information content (AvgIpc) is 3.04. The van der Waals surface area contributed by atoms with Gasteiger partial charge >= 0.3 is 5.97 Å². The standard InChI is InChI=1S/C15H22O3/c1-10-5-4-6-11(14(16)17)9-12-13(18-12)15(2,3)8-7-10/h6-7,12-13H,4-5,8-9H2,1-3H3,(H,16,17). The zero-order chi connectivity index (χ0) is 13.3. The fourth-order valence-corrected chi connectivity index (χ4v) is 2.59. The quantitative estimate of drug-likeness (QED) is 0.573. The Kier molecular flexibility index (Phi) is 3.62. The molecule has 2 atom stereocenters. The maximum absolute atomic E-state index is 11.2. The van der Waals surface area contributed by atoms with Gasteiger partial charge in [0.15, 0.2) is 0 Å². The number of fused-ring (bicyclic) bond motifs is 1. The summed E-state index contributed by atoms with van der Waals surface area (Å²) >= 11 is 0. The Morgan fingerprint density at radius 2 is 2.17 bits per heavy atom. The molecule has 18 heavy (non-hydrogen) atoms. The normalized spacial score (nSPS) is 31.5. The summed E-state index contributed by atoms with van der Waals surface area (Å²) in [4.78, 5) is 11.2. The molecule has 0 amide bonds. The highest BCUT2D eigenvalue weighted by atomic mass is 16.6. The maximum atomic E-state index is 11.2. The van der Waals surface area contributed by atoms with Crippen LogP contribution in [0.4, 0.5) is 0 Å². The lowest BCUT2D eigenvalue weighted by atomic mass is 9.82. The third kappa shape index (κ3) is 3.02. The van der Waals surface area contributed by atoms with Gasteiger partial charge in [-0.3, -0.25) is 0 Å². The van der Waals surface area contributed by atoms with Crippen LogP contribution in [0.15, 0.2) is 23.3 Å². The second kappa shape index (κ2) is 4.88. The van der Waals surface area contributed by atoms with Gasteiger partial charge in [-0.15, -0.1) is 0 Å². The summed E-state index contributed by atoms with van der Waals surface area (Å²) < 4.78 is 5.69. The van der Waals surface area contributed by atoms with E-state index in [1.54, 1.807) is 0 Å². The van der Waals surface area contributed by atoms with Crippen molar-refractivity contribution in [2.45, 2.75) is 58.7 Å². The van der Waals surface area contributed by atoms with E-state index in [0.717, 1.165) is 19.3 Å². The van der Waals surface area contributed by atoms with Gasteiger partial charge in [0, 0.05) is 12.0 Å². The first kappa shape index (κ1) is 13.3. The third-order valence-corrected chi connectivity index (χ3v) is 3.95. The van der Waals surface area contributed by atoms with E-state index in [1.807, 2.05) is 6.08 Å². The zero-order valence-corrected chi connectivity index (χ0v) is 11.4. The highest BCUT2D eigenvalue weighted by molar-refractivity contribution is 5.86. The summed E-state index contributed by atoms with van der Waals surface area (Å²) in [5.74, 6) is -0.803. The number of aliphatic carboxylic acids is 1. The molecule has 1 N–H and O–H groups in total. The van der Waals surface area contributed by atoms with Gasteiger partial charge < -0.3 is 9.84 Å². The van der Waals surface area contributed by atoms with Crippen molar-refractivity contribution in [3.63, 3.8) is 0 Å². The Hall–Kier alpha value is -1.09. The Bertz CT molecular complexity index is 404. The van der Waals surface area contributed by atoms with Crippen molar-refractivity contribution < 1.29 is 14.6 Å². The minimum Gasteiger partial charge on any atom is -0.478 e. The summed E-state index contributed by atoms with van der Waals surface area (Å²) in [6.45, 7) is 6.51. The van der Waals surface area contributed by atoms with Crippen LogP contribution in [-0.4, -0.2) is 23.3 Å². The molecule has 0 spiro atoms. The number of carbonyl (C=O) groups is 1. The van der Waals surface area contributed by atoms with Crippen molar-refractivity contribution in [3.8, 4) is 0 Å². The molecule has 2 aliphatic rings. The monoisotopic (exact) mass is 250 g/mol. The highest BCUT2D eigenvalue weighted by Gasteiger charge is 2.49. The number of hydrogen-bond acceptors (Lipinski definition) is 2. The fraction of sp³-hybridized carbons (Fsp3) is 0.667. The molecule has 3 nitrogen and oxygen atoms in total. The molecular formula is C15H22O3. The van der Waals surface area contributed by atoms with Crippen LogP contribution >= 0.6 is 0 Å². The van der Waals surface area contributed by atoms with Crippen molar-refractivity contribution in [1.82, 2.24) is 0 Å². The summed E-state index contributed by atoms with van der Waals surface area (Å²) in [5, 5.41) is 9.18. The van der Waals surface area contributed by atoms with Gasteiger partial charge in [0.25, 0.3) is 0 Å². The predicted molar refractivity (Wildman–Crippen MR) is 70.4 cm³/mol. The van der Waals surface area contributed by atoms with E-state index < -0.39 is 5.97 Å². The molecular weight excluding hydrogens is 228 g/mol. The van der Waals surface area contributed by atoms with E-state index in [4.69, 9.17) is 4.74 Å². The molecule has 0 saturated carbocycles. The van der Waals surface area contributed by atoms with E-state index >= 15 is 0 Å². The Balaban J connectivity index is 2.18. The largest absolute Gasteiger partial charge is 0.478 e. The van der Waals surface area contributed by atoms with Crippen molar-refractivity contribution >= 4 is 5.97 Å².